The lowest BCUT2D eigenvalue weighted by atomic mass is 9.99. The van der Waals surface area contributed by atoms with Gasteiger partial charge in [-0.1, -0.05) is 29.8 Å². The Morgan fingerprint density at radius 3 is 2.63 bits per heavy atom. The summed E-state index contributed by atoms with van der Waals surface area (Å²) in [7, 11) is -3.82. The number of carbonyl (C=O) groups excluding carboxylic acids is 1. The molecule has 3 rings (SSSR count). The van der Waals surface area contributed by atoms with Crippen LogP contribution < -0.4 is 15.4 Å². The van der Waals surface area contributed by atoms with Crippen LogP contribution in [0.2, 0.25) is 5.02 Å². The smallest absolute Gasteiger partial charge is 0.262 e. The molecular formula is C18H21Cl2N3O3S. The zero-order chi connectivity index (χ0) is 18.6. The lowest BCUT2D eigenvalue weighted by Crippen LogP contribution is -2.37. The van der Waals surface area contributed by atoms with Crippen LogP contribution in [0, 0.1) is 5.92 Å². The van der Waals surface area contributed by atoms with Crippen LogP contribution >= 0.6 is 24.0 Å². The highest BCUT2D eigenvalue weighted by atomic mass is 35.5. The van der Waals surface area contributed by atoms with Gasteiger partial charge in [0, 0.05) is 12.2 Å². The Balaban J connectivity index is 0.00000261. The fourth-order valence-corrected chi connectivity index (χ4v) is 4.17. The first-order valence-corrected chi connectivity index (χ1v) is 10.2. The molecule has 0 spiro atoms. The third-order valence-corrected chi connectivity index (χ3v) is 5.89. The number of nitrogens with one attached hydrogen (secondary N) is 3. The number of hydrogen-bond donors (Lipinski definition) is 3. The first-order valence-electron chi connectivity index (χ1n) is 8.35. The van der Waals surface area contributed by atoms with Crippen molar-refractivity contribution in [1.29, 1.82) is 0 Å². The zero-order valence-corrected chi connectivity index (χ0v) is 16.8. The molecular weight excluding hydrogens is 409 g/mol. The lowest BCUT2D eigenvalue weighted by Gasteiger charge is -2.22. The molecule has 2 aromatic carbocycles. The Morgan fingerprint density at radius 1 is 1.15 bits per heavy atom. The number of carbonyl (C=O) groups is 1. The van der Waals surface area contributed by atoms with Gasteiger partial charge in [0.15, 0.2) is 0 Å². The van der Waals surface area contributed by atoms with Gasteiger partial charge < -0.3 is 10.6 Å². The van der Waals surface area contributed by atoms with Crippen LogP contribution in [-0.2, 0) is 14.8 Å². The predicted molar refractivity (Wildman–Crippen MR) is 110 cm³/mol. The van der Waals surface area contributed by atoms with Crippen LogP contribution in [0.5, 0.6) is 0 Å². The van der Waals surface area contributed by atoms with Gasteiger partial charge in [0.1, 0.15) is 0 Å². The molecule has 1 amide bonds. The van der Waals surface area contributed by atoms with Gasteiger partial charge in [-0.3, -0.25) is 9.52 Å². The van der Waals surface area contributed by atoms with Gasteiger partial charge in [-0.25, -0.2) is 8.42 Å². The van der Waals surface area contributed by atoms with Crippen molar-refractivity contribution >= 4 is 51.3 Å². The molecule has 146 valence electrons. The molecule has 1 fully saturated rings. The monoisotopic (exact) mass is 429 g/mol. The molecule has 1 aliphatic rings. The van der Waals surface area contributed by atoms with E-state index in [1.54, 1.807) is 36.4 Å². The Morgan fingerprint density at radius 2 is 1.93 bits per heavy atom. The highest BCUT2D eigenvalue weighted by molar-refractivity contribution is 7.92. The molecule has 27 heavy (non-hydrogen) atoms. The van der Waals surface area contributed by atoms with E-state index in [9.17, 15) is 13.2 Å². The Hall–Kier alpha value is -1.80. The summed E-state index contributed by atoms with van der Waals surface area (Å²) in [4.78, 5) is 12.4. The maximum Gasteiger partial charge on any atom is 0.262 e. The van der Waals surface area contributed by atoms with E-state index in [0.29, 0.717) is 22.9 Å². The third-order valence-electron chi connectivity index (χ3n) is 4.20. The lowest BCUT2D eigenvalue weighted by molar-refractivity contribution is -0.120. The molecule has 6 nitrogen and oxygen atoms in total. The summed E-state index contributed by atoms with van der Waals surface area (Å²) in [5, 5.41) is 6.30. The second kappa shape index (κ2) is 9.41. The first-order chi connectivity index (χ1) is 12.5. The highest BCUT2D eigenvalue weighted by Crippen LogP contribution is 2.25. The molecule has 0 radical (unpaired) electrons. The van der Waals surface area contributed by atoms with E-state index >= 15 is 0 Å². The van der Waals surface area contributed by atoms with Crippen molar-refractivity contribution in [2.24, 2.45) is 5.92 Å². The van der Waals surface area contributed by atoms with E-state index in [4.69, 9.17) is 11.6 Å². The summed E-state index contributed by atoms with van der Waals surface area (Å²) >= 11 is 6.01. The molecule has 0 saturated carbocycles. The summed E-state index contributed by atoms with van der Waals surface area (Å²) < 4.78 is 27.7. The average Bonchev–Trinajstić information content (AvgIpc) is 2.64. The van der Waals surface area contributed by atoms with E-state index in [1.165, 1.54) is 12.1 Å². The van der Waals surface area contributed by atoms with Crippen LogP contribution in [0.15, 0.2) is 53.4 Å². The Kier molecular flexibility index (Phi) is 7.49. The number of piperidine rings is 1. The fraction of sp³-hybridized carbons (Fsp3) is 0.278. The number of hydrogen-bond acceptors (Lipinski definition) is 4. The highest BCUT2D eigenvalue weighted by Gasteiger charge is 2.22. The van der Waals surface area contributed by atoms with Crippen molar-refractivity contribution in [2.75, 3.05) is 23.1 Å². The SMILES string of the molecule is Cl.O=C(Nc1cccc(S(=O)(=O)Nc2ccccc2Cl)c1)C1CCCNC1. The third kappa shape index (κ3) is 5.59. The Bertz CT molecular complexity index is 900. The summed E-state index contributed by atoms with van der Waals surface area (Å²) in [5.74, 6) is -0.212. The number of sulfonamides is 1. The van der Waals surface area contributed by atoms with E-state index in [-0.39, 0.29) is 29.1 Å². The number of anilines is 2. The number of rotatable bonds is 5. The van der Waals surface area contributed by atoms with Crippen molar-refractivity contribution in [3.63, 3.8) is 0 Å². The van der Waals surface area contributed by atoms with E-state index in [2.05, 4.69) is 15.4 Å². The van der Waals surface area contributed by atoms with Crippen molar-refractivity contribution < 1.29 is 13.2 Å². The molecule has 1 atom stereocenters. The van der Waals surface area contributed by atoms with Gasteiger partial charge in [0.2, 0.25) is 5.91 Å². The van der Waals surface area contributed by atoms with Crippen LogP contribution in [0.3, 0.4) is 0 Å². The fourth-order valence-electron chi connectivity index (χ4n) is 2.81. The second-order valence-corrected chi connectivity index (χ2v) is 8.24. The zero-order valence-electron chi connectivity index (χ0n) is 14.4. The van der Waals surface area contributed by atoms with Gasteiger partial charge in [-0.05, 0) is 49.7 Å². The topological polar surface area (TPSA) is 87.3 Å². The molecule has 0 aliphatic carbocycles. The molecule has 1 heterocycles. The van der Waals surface area contributed by atoms with Gasteiger partial charge in [-0.2, -0.15) is 0 Å². The van der Waals surface area contributed by atoms with Crippen LogP contribution in [0.4, 0.5) is 11.4 Å². The van der Waals surface area contributed by atoms with Crippen molar-refractivity contribution in [1.82, 2.24) is 5.32 Å². The van der Waals surface area contributed by atoms with Gasteiger partial charge in [0.25, 0.3) is 10.0 Å². The molecule has 1 aliphatic heterocycles. The van der Waals surface area contributed by atoms with Crippen LogP contribution in [-0.4, -0.2) is 27.4 Å². The molecule has 0 aromatic heterocycles. The van der Waals surface area contributed by atoms with Crippen molar-refractivity contribution in [3.05, 3.63) is 53.6 Å². The minimum Gasteiger partial charge on any atom is -0.326 e. The molecule has 1 unspecified atom stereocenters. The quantitative estimate of drug-likeness (QED) is 0.678. The second-order valence-electron chi connectivity index (χ2n) is 6.15. The number of halogens is 2. The average molecular weight is 430 g/mol. The molecule has 9 heteroatoms. The first kappa shape index (κ1) is 21.5. The van der Waals surface area contributed by atoms with Crippen molar-refractivity contribution in [2.45, 2.75) is 17.7 Å². The molecule has 0 bridgehead atoms. The number of benzene rings is 2. The van der Waals surface area contributed by atoms with E-state index in [0.717, 1.165) is 19.4 Å². The van der Waals surface area contributed by atoms with Gasteiger partial charge in [-0.15, -0.1) is 12.4 Å². The summed E-state index contributed by atoms with van der Waals surface area (Å²) in [6, 6.07) is 12.8. The maximum absolute atomic E-state index is 12.6. The number of para-hydroxylation sites is 1. The summed E-state index contributed by atoms with van der Waals surface area (Å²) in [5.41, 5.74) is 0.750. The normalized spacial score (nSPS) is 16.9. The minimum absolute atomic E-state index is 0. The van der Waals surface area contributed by atoms with E-state index < -0.39 is 10.0 Å². The Labute approximate surface area is 170 Å². The molecule has 1 saturated heterocycles. The predicted octanol–water partition coefficient (Wildman–Crippen LogP) is 3.50. The standard InChI is InChI=1S/C18H20ClN3O3S.ClH/c19-16-8-1-2-9-17(16)22-26(24,25)15-7-3-6-14(11-15)21-18(23)13-5-4-10-20-12-13;/h1-3,6-9,11,13,20,22H,4-5,10,12H2,(H,21,23);1H. The number of amides is 1. The van der Waals surface area contributed by atoms with Crippen LogP contribution in [0.25, 0.3) is 0 Å². The van der Waals surface area contributed by atoms with Gasteiger partial charge in [0.05, 0.1) is 21.5 Å². The van der Waals surface area contributed by atoms with E-state index in [1.807, 2.05) is 0 Å². The van der Waals surface area contributed by atoms with Crippen molar-refractivity contribution in [3.8, 4) is 0 Å². The molecule has 3 N–H and O–H groups in total. The minimum atomic E-state index is -3.82. The maximum atomic E-state index is 12.6. The summed E-state index contributed by atoms with van der Waals surface area (Å²) in [6.07, 6.45) is 1.78. The largest absolute Gasteiger partial charge is 0.326 e. The van der Waals surface area contributed by atoms with Gasteiger partial charge >= 0.3 is 0 Å². The molecule has 2 aromatic rings. The van der Waals surface area contributed by atoms with Crippen LogP contribution in [0.1, 0.15) is 12.8 Å². The summed E-state index contributed by atoms with van der Waals surface area (Å²) in [6.45, 7) is 1.56.